The topological polar surface area (TPSA) is 79.9 Å². The van der Waals surface area contributed by atoms with E-state index in [0.29, 0.717) is 6.54 Å². The number of anilines is 1. The van der Waals surface area contributed by atoms with Crippen LogP contribution in [0.15, 0.2) is 48.5 Å². The summed E-state index contributed by atoms with van der Waals surface area (Å²) in [5.74, 6) is 0.0656. The number of non-ortho nitro benzene ring substituents is 1. The van der Waals surface area contributed by atoms with Crippen molar-refractivity contribution in [3.05, 3.63) is 69.8 Å². The minimum Gasteiger partial charge on any atom is -0.360 e. The molecule has 1 amide bonds. The molecule has 0 unspecified atom stereocenters. The number of carbonyl (C=O) groups excluding carboxylic acids is 1. The first-order chi connectivity index (χ1) is 14.0. The summed E-state index contributed by atoms with van der Waals surface area (Å²) >= 11 is 0. The second-order valence-corrected chi connectivity index (χ2v) is 7.57. The van der Waals surface area contributed by atoms with E-state index < -0.39 is 0 Å². The maximum atomic E-state index is 12.5. The summed E-state index contributed by atoms with van der Waals surface area (Å²) in [6.07, 6.45) is 1.01. The van der Waals surface area contributed by atoms with E-state index in [1.54, 1.807) is 12.1 Å². The summed E-state index contributed by atoms with van der Waals surface area (Å²) in [5, 5.41) is 13.9. The lowest BCUT2D eigenvalue weighted by atomic mass is 10.1. The molecule has 7 heteroatoms. The Balaban J connectivity index is 1.45. The van der Waals surface area contributed by atoms with Gasteiger partial charge >= 0.3 is 0 Å². The molecule has 2 N–H and O–H groups in total. The second-order valence-electron chi connectivity index (χ2n) is 7.57. The van der Waals surface area contributed by atoms with E-state index in [9.17, 15) is 14.9 Å². The summed E-state index contributed by atoms with van der Waals surface area (Å²) < 4.78 is 0. The molecule has 1 atom stereocenters. The molecule has 0 radical (unpaired) electrons. The number of hydrogen-bond acceptors (Lipinski definition) is 4. The number of hydrogen-bond donors (Lipinski definition) is 2. The molecule has 1 heterocycles. The first kappa shape index (κ1) is 20.8. The minimum absolute atomic E-state index is 0.00537. The monoisotopic (exact) mass is 397 g/mol. The molecule has 1 aliphatic rings. The Morgan fingerprint density at radius 1 is 1.14 bits per heavy atom. The van der Waals surface area contributed by atoms with Crippen LogP contribution in [0.5, 0.6) is 0 Å². The SMILES string of the molecule is CCc1ccc([C@@H](C)NC(=O)C[NH+]2CCN(c3ccc([N+](=O)[O-])cc3)CC2)cc1. The summed E-state index contributed by atoms with van der Waals surface area (Å²) in [7, 11) is 0. The highest BCUT2D eigenvalue weighted by atomic mass is 16.6. The van der Waals surface area contributed by atoms with Crippen molar-refractivity contribution in [2.24, 2.45) is 0 Å². The first-order valence-corrected chi connectivity index (χ1v) is 10.2. The zero-order valence-electron chi connectivity index (χ0n) is 17.1. The van der Waals surface area contributed by atoms with Crippen LogP contribution in [0.4, 0.5) is 11.4 Å². The van der Waals surface area contributed by atoms with Gasteiger partial charge in [0.2, 0.25) is 0 Å². The molecule has 0 spiro atoms. The number of rotatable bonds is 7. The second kappa shape index (κ2) is 9.52. The van der Waals surface area contributed by atoms with Crippen LogP contribution < -0.4 is 15.1 Å². The van der Waals surface area contributed by atoms with Gasteiger partial charge in [0.25, 0.3) is 11.6 Å². The summed E-state index contributed by atoms with van der Waals surface area (Å²) in [5.41, 5.74) is 3.51. The highest BCUT2D eigenvalue weighted by molar-refractivity contribution is 5.77. The lowest BCUT2D eigenvalue weighted by Gasteiger charge is -2.33. The molecule has 0 aromatic heterocycles. The number of nitrogens with zero attached hydrogens (tertiary/aromatic N) is 2. The molecule has 2 aromatic rings. The van der Waals surface area contributed by atoms with Crippen LogP contribution in [-0.4, -0.2) is 43.6 Å². The highest BCUT2D eigenvalue weighted by Gasteiger charge is 2.23. The average Bonchev–Trinajstić information content (AvgIpc) is 2.74. The van der Waals surface area contributed by atoms with Gasteiger partial charge in [0, 0.05) is 17.8 Å². The van der Waals surface area contributed by atoms with Crippen LogP contribution in [0.2, 0.25) is 0 Å². The molecule has 0 saturated carbocycles. The Kier molecular flexibility index (Phi) is 6.82. The molecule has 1 saturated heterocycles. The van der Waals surface area contributed by atoms with Gasteiger partial charge < -0.3 is 15.1 Å². The smallest absolute Gasteiger partial charge is 0.275 e. The number of amides is 1. The van der Waals surface area contributed by atoms with E-state index in [2.05, 4.69) is 41.4 Å². The van der Waals surface area contributed by atoms with Crippen molar-refractivity contribution in [3.8, 4) is 0 Å². The molecule has 1 fully saturated rings. The minimum atomic E-state index is -0.385. The fourth-order valence-electron chi connectivity index (χ4n) is 3.69. The Bertz CT molecular complexity index is 828. The molecular formula is C22H29N4O3+. The van der Waals surface area contributed by atoms with Gasteiger partial charge in [0.05, 0.1) is 37.1 Å². The number of piperazine rings is 1. The number of nitrogens with one attached hydrogen (secondary N) is 2. The molecular weight excluding hydrogens is 368 g/mol. The molecule has 1 aliphatic heterocycles. The molecule has 2 aromatic carbocycles. The number of quaternary nitrogens is 1. The number of nitro benzene ring substituents is 1. The predicted molar refractivity (Wildman–Crippen MR) is 113 cm³/mol. The zero-order valence-corrected chi connectivity index (χ0v) is 17.1. The summed E-state index contributed by atoms with van der Waals surface area (Å²) in [6.45, 7) is 7.99. The standard InChI is InChI=1S/C22H28N4O3/c1-3-18-4-6-19(7-5-18)17(2)23-22(27)16-24-12-14-25(15-13-24)20-8-10-21(11-9-20)26(28)29/h4-11,17H,3,12-16H2,1-2H3,(H,23,27)/p+1/t17-/m1/s1. The molecule has 3 rings (SSSR count). The van der Waals surface area contributed by atoms with E-state index in [-0.39, 0.29) is 22.6 Å². The van der Waals surface area contributed by atoms with Crippen LogP contribution >= 0.6 is 0 Å². The van der Waals surface area contributed by atoms with Gasteiger partial charge in [-0.15, -0.1) is 0 Å². The number of nitro groups is 1. The van der Waals surface area contributed by atoms with Gasteiger partial charge in [-0.25, -0.2) is 0 Å². The van der Waals surface area contributed by atoms with Gasteiger partial charge in [0.1, 0.15) is 0 Å². The van der Waals surface area contributed by atoms with Crippen LogP contribution in [0.1, 0.15) is 31.0 Å². The maximum absolute atomic E-state index is 12.5. The third-order valence-electron chi connectivity index (χ3n) is 5.57. The molecule has 7 nitrogen and oxygen atoms in total. The van der Waals surface area contributed by atoms with Crippen molar-refractivity contribution in [1.29, 1.82) is 0 Å². The van der Waals surface area contributed by atoms with E-state index in [4.69, 9.17) is 0 Å². The van der Waals surface area contributed by atoms with Gasteiger partial charge in [-0.2, -0.15) is 0 Å². The fourth-order valence-corrected chi connectivity index (χ4v) is 3.69. The molecule has 29 heavy (non-hydrogen) atoms. The lowest BCUT2D eigenvalue weighted by Crippen LogP contribution is -3.15. The van der Waals surface area contributed by atoms with Gasteiger partial charge in [-0.3, -0.25) is 14.9 Å². The van der Waals surface area contributed by atoms with Gasteiger partial charge in [-0.05, 0) is 36.6 Å². The molecule has 0 bridgehead atoms. The third-order valence-corrected chi connectivity index (χ3v) is 5.57. The van der Waals surface area contributed by atoms with Gasteiger partial charge in [0.15, 0.2) is 6.54 Å². The maximum Gasteiger partial charge on any atom is 0.275 e. The van der Waals surface area contributed by atoms with Crippen molar-refractivity contribution >= 4 is 17.3 Å². The van der Waals surface area contributed by atoms with Crippen LogP contribution in [0.3, 0.4) is 0 Å². The Labute approximate surface area is 171 Å². The van der Waals surface area contributed by atoms with E-state index in [1.807, 2.05) is 6.92 Å². The van der Waals surface area contributed by atoms with Crippen molar-refractivity contribution in [2.75, 3.05) is 37.6 Å². The highest BCUT2D eigenvalue weighted by Crippen LogP contribution is 2.19. The Hall–Kier alpha value is -2.93. The summed E-state index contributed by atoms with van der Waals surface area (Å²) in [4.78, 5) is 26.3. The lowest BCUT2D eigenvalue weighted by molar-refractivity contribution is -0.892. The largest absolute Gasteiger partial charge is 0.360 e. The molecule has 154 valence electrons. The van der Waals surface area contributed by atoms with Crippen molar-refractivity contribution in [1.82, 2.24) is 5.32 Å². The predicted octanol–water partition coefficient (Wildman–Crippen LogP) is 1.74. The number of benzene rings is 2. The van der Waals surface area contributed by atoms with Gasteiger partial charge in [-0.1, -0.05) is 31.2 Å². The number of aryl methyl sites for hydroxylation is 1. The van der Waals surface area contributed by atoms with E-state index in [0.717, 1.165) is 43.9 Å². The van der Waals surface area contributed by atoms with E-state index in [1.165, 1.54) is 22.6 Å². The number of carbonyl (C=O) groups is 1. The normalized spacial score (nSPS) is 15.7. The Morgan fingerprint density at radius 3 is 2.31 bits per heavy atom. The molecule has 0 aliphatic carbocycles. The quantitative estimate of drug-likeness (QED) is 0.551. The third kappa shape index (κ3) is 5.54. The van der Waals surface area contributed by atoms with Crippen LogP contribution in [0, 0.1) is 10.1 Å². The van der Waals surface area contributed by atoms with Crippen LogP contribution in [0.25, 0.3) is 0 Å². The first-order valence-electron chi connectivity index (χ1n) is 10.2. The van der Waals surface area contributed by atoms with Crippen molar-refractivity contribution in [3.63, 3.8) is 0 Å². The fraction of sp³-hybridized carbons (Fsp3) is 0.409. The van der Waals surface area contributed by atoms with Crippen LogP contribution in [-0.2, 0) is 11.2 Å². The van der Waals surface area contributed by atoms with E-state index >= 15 is 0 Å². The Morgan fingerprint density at radius 2 is 1.76 bits per heavy atom. The van der Waals surface area contributed by atoms with Crippen molar-refractivity contribution in [2.45, 2.75) is 26.3 Å². The zero-order chi connectivity index (χ0) is 20.8. The van der Waals surface area contributed by atoms with Crippen molar-refractivity contribution < 1.29 is 14.6 Å². The average molecular weight is 397 g/mol. The summed E-state index contributed by atoms with van der Waals surface area (Å²) in [6, 6.07) is 15.0.